The van der Waals surface area contributed by atoms with Gasteiger partial charge in [0.05, 0.1) is 23.9 Å². The van der Waals surface area contributed by atoms with Crippen molar-refractivity contribution in [3.8, 4) is 17.2 Å². The first-order chi connectivity index (χ1) is 16.3. The largest absolute Gasteiger partial charge is 0.508 e. The molecule has 1 amide bonds. The van der Waals surface area contributed by atoms with Crippen LogP contribution in [0, 0.1) is 5.92 Å². The molecule has 1 atom stereocenters. The molecule has 0 saturated carbocycles. The lowest BCUT2D eigenvalue weighted by molar-refractivity contribution is -0.132. The standard InChI is InChI=1S/C27H25NO6/c1-16(2)15-34-20-10-6-8-18(14-20)25(31)23-24(17-7-5-9-19(29)13-17)28(27(33)26(23)32)21-11-3-4-12-22(21)30/h3-14,16,24,29-31H,15H2,1-2H3/b25-23-. The molecule has 1 aliphatic heterocycles. The molecule has 1 heterocycles. The third kappa shape index (κ3) is 4.32. The van der Waals surface area contributed by atoms with E-state index in [1.807, 2.05) is 13.8 Å². The number of aliphatic hydroxyl groups excluding tert-OH is 1. The summed E-state index contributed by atoms with van der Waals surface area (Å²) in [6, 6.07) is 17.8. The zero-order valence-electron chi connectivity index (χ0n) is 18.8. The number of carbonyl (C=O) groups excluding carboxylic acids is 2. The molecule has 0 spiro atoms. The molecule has 34 heavy (non-hydrogen) atoms. The smallest absolute Gasteiger partial charge is 0.300 e. The summed E-state index contributed by atoms with van der Waals surface area (Å²) in [5, 5.41) is 31.7. The SMILES string of the molecule is CC(C)COc1cccc(/C(O)=C2/C(=O)C(=O)N(c3ccccc3O)C2c2cccc(O)c2)c1. The Hall–Kier alpha value is -4.26. The number of phenols is 2. The summed E-state index contributed by atoms with van der Waals surface area (Å²) in [6.45, 7) is 4.50. The van der Waals surface area contributed by atoms with Gasteiger partial charge in [0.25, 0.3) is 11.7 Å². The Labute approximate surface area is 197 Å². The molecule has 0 bridgehead atoms. The molecule has 1 fully saturated rings. The Bertz CT molecular complexity index is 1280. The minimum Gasteiger partial charge on any atom is -0.508 e. The van der Waals surface area contributed by atoms with E-state index in [1.165, 1.54) is 24.3 Å². The maximum absolute atomic E-state index is 13.2. The van der Waals surface area contributed by atoms with Gasteiger partial charge in [0, 0.05) is 5.56 Å². The quantitative estimate of drug-likeness (QED) is 0.279. The minimum atomic E-state index is -1.07. The number of para-hydroxylation sites is 2. The number of benzene rings is 3. The van der Waals surface area contributed by atoms with Gasteiger partial charge in [-0.15, -0.1) is 0 Å². The van der Waals surface area contributed by atoms with E-state index >= 15 is 0 Å². The zero-order chi connectivity index (χ0) is 24.4. The Morgan fingerprint density at radius 3 is 2.41 bits per heavy atom. The Morgan fingerprint density at radius 2 is 1.71 bits per heavy atom. The van der Waals surface area contributed by atoms with Crippen LogP contribution >= 0.6 is 0 Å². The Balaban J connectivity index is 1.89. The summed E-state index contributed by atoms with van der Waals surface area (Å²) in [5.41, 5.74) is 0.670. The van der Waals surface area contributed by atoms with Crippen molar-refractivity contribution in [2.75, 3.05) is 11.5 Å². The van der Waals surface area contributed by atoms with Crippen LogP contribution in [0.2, 0.25) is 0 Å². The number of aromatic hydroxyl groups is 2. The zero-order valence-corrected chi connectivity index (χ0v) is 18.8. The molecule has 1 saturated heterocycles. The number of hydrogen-bond acceptors (Lipinski definition) is 6. The first-order valence-corrected chi connectivity index (χ1v) is 10.9. The average molecular weight is 459 g/mol. The van der Waals surface area contributed by atoms with Crippen molar-refractivity contribution in [1.82, 2.24) is 0 Å². The lowest BCUT2D eigenvalue weighted by Crippen LogP contribution is -2.29. The summed E-state index contributed by atoms with van der Waals surface area (Å²) in [4.78, 5) is 27.5. The molecule has 7 nitrogen and oxygen atoms in total. The molecule has 1 aliphatic rings. The van der Waals surface area contributed by atoms with E-state index in [0.717, 1.165) is 4.90 Å². The van der Waals surface area contributed by atoms with Crippen LogP contribution in [0.15, 0.2) is 78.4 Å². The molecular formula is C27H25NO6. The van der Waals surface area contributed by atoms with Gasteiger partial charge in [0.2, 0.25) is 0 Å². The lowest BCUT2D eigenvalue weighted by atomic mass is 9.95. The maximum atomic E-state index is 13.2. The predicted octanol–water partition coefficient (Wildman–Crippen LogP) is 4.76. The van der Waals surface area contributed by atoms with Crippen molar-refractivity contribution < 1.29 is 29.6 Å². The molecule has 174 valence electrons. The van der Waals surface area contributed by atoms with Gasteiger partial charge >= 0.3 is 0 Å². The molecule has 0 radical (unpaired) electrons. The first kappa shape index (κ1) is 22.9. The molecule has 3 aromatic rings. The Morgan fingerprint density at radius 1 is 0.971 bits per heavy atom. The third-order valence-electron chi connectivity index (χ3n) is 5.46. The molecule has 3 aromatic carbocycles. The number of aliphatic hydroxyl groups is 1. The normalized spacial score (nSPS) is 17.4. The number of amides is 1. The molecule has 4 rings (SSSR count). The summed E-state index contributed by atoms with van der Waals surface area (Å²) in [7, 11) is 0. The van der Waals surface area contributed by atoms with Crippen LogP contribution < -0.4 is 9.64 Å². The number of phenolic OH excluding ortho intramolecular Hbond substituents is 2. The highest BCUT2D eigenvalue weighted by Gasteiger charge is 2.47. The number of ketones is 1. The summed E-state index contributed by atoms with van der Waals surface area (Å²) < 4.78 is 5.74. The average Bonchev–Trinajstić information content (AvgIpc) is 3.08. The third-order valence-corrected chi connectivity index (χ3v) is 5.46. The fourth-order valence-electron chi connectivity index (χ4n) is 3.91. The van der Waals surface area contributed by atoms with Crippen LogP contribution in [0.25, 0.3) is 5.76 Å². The van der Waals surface area contributed by atoms with E-state index in [2.05, 4.69) is 0 Å². The molecule has 0 aromatic heterocycles. The predicted molar refractivity (Wildman–Crippen MR) is 128 cm³/mol. The van der Waals surface area contributed by atoms with Gasteiger partial charge in [-0.25, -0.2) is 0 Å². The van der Waals surface area contributed by atoms with Gasteiger partial charge < -0.3 is 20.1 Å². The van der Waals surface area contributed by atoms with Gasteiger partial charge in [-0.2, -0.15) is 0 Å². The second-order valence-corrected chi connectivity index (χ2v) is 8.49. The maximum Gasteiger partial charge on any atom is 0.300 e. The second-order valence-electron chi connectivity index (χ2n) is 8.49. The van der Waals surface area contributed by atoms with Crippen molar-refractivity contribution in [3.05, 3.63) is 89.5 Å². The highest BCUT2D eigenvalue weighted by Crippen LogP contribution is 2.45. The second kappa shape index (κ2) is 9.31. The van der Waals surface area contributed by atoms with Gasteiger partial charge in [-0.05, 0) is 47.9 Å². The number of hydrogen-bond donors (Lipinski definition) is 3. The highest BCUT2D eigenvalue weighted by molar-refractivity contribution is 6.51. The molecule has 0 aliphatic carbocycles. The topological polar surface area (TPSA) is 107 Å². The first-order valence-electron chi connectivity index (χ1n) is 10.9. The van der Waals surface area contributed by atoms with E-state index in [9.17, 15) is 24.9 Å². The van der Waals surface area contributed by atoms with E-state index in [4.69, 9.17) is 4.74 Å². The summed E-state index contributed by atoms with van der Waals surface area (Å²) in [6.07, 6.45) is 0. The number of nitrogens with zero attached hydrogens (tertiary/aromatic N) is 1. The van der Waals surface area contributed by atoms with Crippen molar-refractivity contribution in [2.24, 2.45) is 5.92 Å². The van der Waals surface area contributed by atoms with Crippen LogP contribution in [-0.4, -0.2) is 33.6 Å². The molecule has 3 N–H and O–H groups in total. The van der Waals surface area contributed by atoms with Crippen molar-refractivity contribution >= 4 is 23.1 Å². The van der Waals surface area contributed by atoms with Crippen molar-refractivity contribution in [3.63, 3.8) is 0 Å². The van der Waals surface area contributed by atoms with Gasteiger partial charge in [-0.3, -0.25) is 14.5 Å². The van der Waals surface area contributed by atoms with E-state index in [0.29, 0.717) is 29.4 Å². The van der Waals surface area contributed by atoms with Crippen LogP contribution in [0.4, 0.5) is 5.69 Å². The number of anilines is 1. The minimum absolute atomic E-state index is 0.0653. The van der Waals surface area contributed by atoms with Crippen LogP contribution in [0.5, 0.6) is 17.2 Å². The van der Waals surface area contributed by atoms with E-state index in [1.54, 1.807) is 48.5 Å². The van der Waals surface area contributed by atoms with Crippen LogP contribution in [-0.2, 0) is 9.59 Å². The fraction of sp³-hybridized carbons (Fsp3) is 0.185. The number of ether oxygens (including phenoxy) is 1. The fourth-order valence-corrected chi connectivity index (χ4v) is 3.91. The van der Waals surface area contributed by atoms with Crippen molar-refractivity contribution in [2.45, 2.75) is 19.9 Å². The molecular weight excluding hydrogens is 434 g/mol. The molecule has 1 unspecified atom stereocenters. The van der Waals surface area contributed by atoms with Gasteiger partial charge in [0.1, 0.15) is 23.0 Å². The van der Waals surface area contributed by atoms with E-state index < -0.39 is 17.7 Å². The van der Waals surface area contributed by atoms with Gasteiger partial charge in [0.15, 0.2) is 0 Å². The summed E-state index contributed by atoms with van der Waals surface area (Å²) in [5.74, 6) is -1.62. The van der Waals surface area contributed by atoms with Crippen LogP contribution in [0.3, 0.4) is 0 Å². The molecule has 7 heteroatoms. The Kier molecular flexibility index (Phi) is 6.27. The summed E-state index contributed by atoms with van der Waals surface area (Å²) >= 11 is 0. The number of Topliss-reactive ketones (excluding diaryl/α,β-unsaturated/α-hetero) is 1. The number of rotatable bonds is 6. The van der Waals surface area contributed by atoms with Gasteiger partial charge in [-0.1, -0.05) is 50.2 Å². The van der Waals surface area contributed by atoms with Crippen molar-refractivity contribution in [1.29, 1.82) is 0 Å². The van der Waals surface area contributed by atoms with Crippen LogP contribution in [0.1, 0.15) is 31.0 Å². The number of carbonyl (C=O) groups is 2. The lowest BCUT2D eigenvalue weighted by Gasteiger charge is -2.26. The monoisotopic (exact) mass is 459 g/mol. The highest BCUT2D eigenvalue weighted by atomic mass is 16.5. The van der Waals surface area contributed by atoms with E-state index in [-0.39, 0.29) is 28.5 Å².